The average molecular weight is 601 g/mol. The molecule has 13 heteroatoms. The summed E-state index contributed by atoms with van der Waals surface area (Å²) >= 11 is 5.98. The van der Waals surface area contributed by atoms with E-state index in [1.165, 1.54) is 0 Å². The number of hydrogen-bond acceptors (Lipinski definition) is 8. The molecule has 5 rings (SSSR count). The lowest BCUT2D eigenvalue weighted by molar-refractivity contribution is 0.482. The number of anilines is 5. The Morgan fingerprint density at radius 1 is 1.00 bits per heavy atom. The van der Waals surface area contributed by atoms with Crippen molar-refractivity contribution in [2.24, 2.45) is 7.05 Å². The van der Waals surface area contributed by atoms with Gasteiger partial charge in [-0.25, -0.2) is 9.97 Å². The lowest BCUT2D eigenvalue weighted by Gasteiger charge is -2.19. The van der Waals surface area contributed by atoms with Crippen LogP contribution in [-0.2, 0) is 29.5 Å². The number of benzene rings is 3. The van der Waals surface area contributed by atoms with Gasteiger partial charge in [-0.05, 0) is 59.7 Å². The molecule has 0 spiro atoms. The molecule has 0 saturated carbocycles. The van der Waals surface area contributed by atoms with Crippen LogP contribution in [0.3, 0.4) is 0 Å². The van der Waals surface area contributed by atoms with E-state index in [1.54, 1.807) is 36.5 Å². The summed E-state index contributed by atoms with van der Waals surface area (Å²) in [5.74, 6) is 1.28. The summed E-state index contributed by atoms with van der Waals surface area (Å²) < 4.78 is 33.6. The van der Waals surface area contributed by atoms with E-state index in [-0.39, 0.29) is 12.4 Å². The Kier molecular flexibility index (Phi) is 8.79. The van der Waals surface area contributed by atoms with Gasteiger partial charge in [-0.1, -0.05) is 35.9 Å². The number of nitrogens with zero attached hydrogens (tertiary/aromatic N) is 5. The molecule has 0 saturated heterocycles. The van der Waals surface area contributed by atoms with E-state index < -0.39 is 15.9 Å². The lowest BCUT2D eigenvalue weighted by Crippen LogP contribution is -2.12. The first kappa shape index (κ1) is 29.1. The minimum Gasteiger partial charge on any atom is -0.352 e. The van der Waals surface area contributed by atoms with Gasteiger partial charge in [0.2, 0.25) is 11.9 Å². The molecule has 0 fully saturated rings. The van der Waals surface area contributed by atoms with Crippen LogP contribution in [0.15, 0.2) is 79.0 Å². The third-order valence-electron chi connectivity index (χ3n) is 6.13. The first-order valence-corrected chi connectivity index (χ1v) is 14.0. The molecule has 0 atom stereocenters. The molecule has 0 bridgehead atoms. The molecule has 0 radical (unpaired) electrons. The highest BCUT2D eigenvalue weighted by Gasteiger charge is 2.13. The monoisotopic (exact) mass is 599 g/mol. The summed E-state index contributed by atoms with van der Waals surface area (Å²) in [5.41, 5.74) is 4.87. The molecule has 0 aliphatic carbocycles. The van der Waals surface area contributed by atoms with Crippen LogP contribution in [0.4, 0.5) is 29.1 Å². The van der Waals surface area contributed by atoms with Gasteiger partial charge in [0, 0.05) is 43.2 Å². The van der Waals surface area contributed by atoms with E-state index in [1.807, 2.05) is 66.0 Å². The zero-order chi connectivity index (χ0) is 27.6. The van der Waals surface area contributed by atoms with Gasteiger partial charge >= 0.3 is 0 Å². The average Bonchev–Trinajstić information content (AvgIpc) is 3.22. The quantitative estimate of drug-likeness (QED) is 0.176. The second-order valence-corrected chi connectivity index (χ2v) is 10.9. The minimum absolute atomic E-state index is 0. The van der Waals surface area contributed by atoms with Gasteiger partial charge in [0.1, 0.15) is 11.6 Å². The van der Waals surface area contributed by atoms with Crippen molar-refractivity contribution in [2.45, 2.75) is 12.3 Å². The molecule has 3 aromatic carbocycles. The van der Waals surface area contributed by atoms with Crippen LogP contribution in [0.2, 0.25) is 5.02 Å². The van der Waals surface area contributed by atoms with Crippen LogP contribution in [0.25, 0.3) is 11.0 Å². The molecule has 2 heterocycles. The fraction of sp³-hybridized carbons (Fsp3) is 0.148. The van der Waals surface area contributed by atoms with Crippen molar-refractivity contribution < 1.29 is 13.0 Å². The van der Waals surface area contributed by atoms with Gasteiger partial charge in [0.25, 0.3) is 10.1 Å². The highest BCUT2D eigenvalue weighted by Crippen LogP contribution is 2.28. The number of halogens is 2. The number of aryl methyl sites for hydroxylation is 1. The maximum Gasteiger partial charge on any atom is 0.269 e. The summed E-state index contributed by atoms with van der Waals surface area (Å²) in [6.07, 6.45) is 1.64. The molecule has 10 nitrogen and oxygen atoms in total. The molecular formula is C27H27Cl2N7O3S. The molecule has 0 amide bonds. The van der Waals surface area contributed by atoms with Crippen molar-refractivity contribution in [3.8, 4) is 0 Å². The zero-order valence-electron chi connectivity index (χ0n) is 21.6. The highest BCUT2D eigenvalue weighted by atomic mass is 35.5. The third kappa shape index (κ3) is 6.99. The molecule has 208 valence electrons. The standard InChI is InChI=1S/C27H26ClN7O3S.ClH/c1-34(25-12-13-29-26(33-25)31-21-5-3-4-19(14-21)17-39(36,37)38)22-10-11-24-23(15-22)32-27(35(24)2)30-16-18-6-8-20(28)9-7-18;/h3-15H,16-17H2,1-2H3,(H,30,32)(H,29,31,33)(H,36,37,38);1H. The van der Waals surface area contributed by atoms with E-state index in [9.17, 15) is 8.42 Å². The normalized spacial score (nSPS) is 11.2. The second kappa shape index (κ2) is 12.1. The second-order valence-electron chi connectivity index (χ2n) is 9.00. The van der Waals surface area contributed by atoms with Crippen molar-refractivity contribution in [2.75, 3.05) is 22.6 Å². The molecule has 5 aromatic rings. The van der Waals surface area contributed by atoms with E-state index in [0.29, 0.717) is 34.6 Å². The molecule has 0 unspecified atom stereocenters. The number of hydrogen-bond donors (Lipinski definition) is 3. The summed E-state index contributed by atoms with van der Waals surface area (Å²) in [7, 11) is -0.257. The maximum absolute atomic E-state index is 11.2. The van der Waals surface area contributed by atoms with Gasteiger partial charge < -0.3 is 20.1 Å². The Morgan fingerprint density at radius 2 is 1.77 bits per heavy atom. The van der Waals surface area contributed by atoms with Gasteiger partial charge in [0.15, 0.2) is 0 Å². The van der Waals surface area contributed by atoms with Gasteiger partial charge in [-0.15, -0.1) is 12.4 Å². The first-order valence-electron chi connectivity index (χ1n) is 12.0. The Morgan fingerprint density at radius 3 is 2.52 bits per heavy atom. The Labute approximate surface area is 243 Å². The summed E-state index contributed by atoms with van der Waals surface area (Å²) in [5, 5.41) is 7.18. The van der Waals surface area contributed by atoms with Crippen LogP contribution < -0.4 is 15.5 Å². The Bertz CT molecular complexity index is 1750. The molecule has 0 aliphatic rings. The van der Waals surface area contributed by atoms with E-state index >= 15 is 0 Å². The van der Waals surface area contributed by atoms with Crippen LogP contribution in [0.1, 0.15) is 11.1 Å². The fourth-order valence-corrected chi connectivity index (χ4v) is 4.87. The number of aromatic nitrogens is 4. The molecule has 0 aliphatic heterocycles. The zero-order valence-corrected chi connectivity index (χ0v) is 24.0. The molecule has 3 N–H and O–H groups in total. The molecular weight excluding hydrogens is 573 g/mol. The van der Waals surface area contributed by atoms with Crippen LogP contribution in [0.5, 0.6) is 0 Å². The Hall–Kier alpha value is -3.90. The van der Waals surface area contributed by atoms with Crippen molar-refractivity contribution in [1.29, 1.82) is 0 Å². The number of imidazole rings is 1. The topological polar surface area (TPSA) is 125 Å². The maximum atomic E-state index is 11.2. The van der Waals surface area contributed by atoms with Crippen LogP contribution in [-0.4, -0.2) is 39.5 Å². The van der Waals surface area contributed by atoms with E-state index in [2.05, 4.69) is 20.6 Å². The van der Waals surface area contributed by atoms with Crippen molar-refractivity contribution in [3.63, 3.8) is 0 Å². The molecule has 2 aromatic heterocycles. The van der Waals surface area contributed by atoms with Crippen molar-refractivity contribution in [3.05, 3.63) is 95.1 Å². The predicted octanol–water partition coefficient (Wildman–Crippen LogP) is 5.95. The summed E-state index contributed by atoms with van der Waals surface area (Å²) in [6.45, 7) is 0.622. The van der Waals surface area contributed by atoms with Crippen LogP contribution >= 0.6 is 24.0 Å². The van der Waals surface area contributed by atoms with Crippen LogP contribution in [0, 0.1) is 0 Å². The largest absolute Gasteiger partial charge is 0.352 e. The predicted molar refractivity (Wildman–Crippen MR) is 162 cm³/mol. The summed E-state index contributed by atoms with van der Waals surface area (Å²) in [6, 6.07) is 22.2. The smallest absolute Gasteiger partial charge is 0.269 e. The third-order valence-corrected chi connectivity index (χ3v) is 7.08. The first-order chi connectivity index (χ1) is 18.6. The van der Waals surface area contributed by atoms with E-state index in [4.69, 9.17) is 21.1 Å². The van der Waals surface area contributed by atoms with Gasteiger partial charge in [0.05, 0.1) is 11.0 Å². The highest BCUT2D eigenvalue weighted by molar-refractivity contribution is 7.85. The van der Waals surface area contributed by atoms with Gasteiger partial charge in [-0.2, -0.15) is 13.4 Å². The summed E-state index contributed by atoms with van der Waals surface area (Å²) in [4.78, 5) is 15.6. The Balaban J connectivity index is 0.00000370. The number of rotatable bonds is 9. The van der Waals surface area contributed by atoms with Crippen molar-refractivity contribution >= 4 is 74.2 Å². The van der Waals surface area contributed by atoms with Gasteiger partial charge in [-0.3, -0.25) is 4.55 Å². The fourth-order valence-electron chi connectivity index (χ4n) is 4.15. The SMILES string of the molecule is CN(c1ccc2c(c1)nc(NCc1ccc(Cl)cc1)n2C)c1ccnc(Nc2cccc(CS(=O)(=O)O)c2)n1.Cl. The lowest BCUT2D eigenvalue weighted by atomic mass is 10.2. The molecule has 40 heavy (non-hydrogen) atoms. The number of fused-ring (bicyclic) bond motifs is 1. The minimum atomic E-state index is -4.13. The van der Waals surface area contributed by atoms with Crippen molar-refractivity contribution in [1.82, 2.24) is 19.5 Å². The van der Waals surface area contributed by atoms with E-state index in [0.717, 1.165) is 28.2 Å². The number of nitrogens with one attached hydrogen (secondary N) is 2.